The highest BCUT2D eigenvalue weighted by atomic mass is 16.6. The molecule has 0 unspecified atom stereocenters. The van der Waals surface area contributed by atoms with E-state index < -0.39 is 34.5 Å². The van der Waals surface area contributed by atoms with Crippen LogP contribution in [0.25, 0.3) is 0 Å². The van der Waals surface area contributed by atoms with E-state index in [4.69, 9.17) is 14.2 Å². The van der Waals surface area contributed by atoms with Gasteiger partial charge in [0.15, 0.2) is 5.60 Å². The van der Waals surface area contributed by atoms with Crippen LogP contribution in [-0.4, -0.2) is 35.7 Å². The van der Waals surface area contributed by atoms with Crippen molar-refractivity contribution < 1.29 is 28.7 Å². The minimum Gasteiger partial charge on any atom is -0.466 e. The van der Waals surface area contributed by atoms with Crippen molar-refractivity contribution in [1.82, 2.24) is 0 Å². The van der Waals surface area contributed by atoms with Crippen LogP contribution in [0.5, 0.6) is 0 Å². The minimum atomic E-state index is -1.28. The molecule has 0 aliphatic carbocycles. The van der Waals surface area contributed by atoms with Crippen molar-refractivity contribution in [1.29, 1.82) is 0 Å². The van der Waals surface area contributed by atoms with Gasteiger partial charge in [0.1, 0.15) is 0 Å². The fourth-order valence-electron chi connectivity index (χ4n) is 2.89. The third-order valence-electron chi connectivity index (χ3n) is 4.09. The van der Waals surface area contributed by atoms with Crippen molar-refractivity contribution in [3.05, 3.63) is 39.9 Å². The summed E-state index contributed by atoms with van der Waals surface area (Å²) in [6.45, 7) is 5.36. The molecule has 0 amide bonds. The molecule has 1 aromatic rings. The summed E-state index contributed by atoms with van der Waals surface area (Å²) in [5, 5.41) is 10.8. The number of nitro groups is 1. The Morgan fingerprint density at radius 3 is 2.36 bits per heavy atom. The number of hydrogen-bond acceptors (Lipinski definition) is 7. The number of nitro benzene ring substituents is 1. The molecule has 136 valence electrons. The lowest BCUT2D eigenvalue weighted by Gasteiger charge is -2.22. The first-order valence-electron chi connectivity index (χ1n) is 8.08. The number of hydrogen-bond donors (Lipinski definition) is 0. The fourth-order valence-corrected chi connectivity index (χ4v) is 2.89. The van der Waals surface area contributed by atoms with Gasteiger partial charge >= 0.3 is 11.9 Å². The molecule has 8 nitrogen and oxygen atoms in total. The van der Waals surface area contributed by atoms with Crippen molar-refractivity contribution in [3.63, 3.8) is 0 Å². The summed E-state index contributed by atoms with van der Waals surface area (Å²) in [5.41, 5.74) is -0.779. The van der Waals surface area contributed by atoms with Gasteiger partial charge in [-0.05, 0) is 38.5 Å². The molecule has 1 aliphatic rings. The van der Waals surface area contributed by atoms with Crippen molar-refractivity contribution in [2.45, 2.75) is 38.9 Å². The summed E-state index contributed by atoms with van der Waals surface area (Å²) in [6.07, 6.45) is -0.624. The SMILES string of the molecule is CCOC(=O)[C@@H]1C[C@](C)(C(=O)OCC)O[C@@H]1c1ccc([N+](=O)[O-])cc1. The molecule has 3 atom stereocenters. The van der Waals surface area contributed by atoms with Gasteiger partial charge in [-0.25, -0.2) is 4.79 Å². The van der Waals surface area contributed by atoms with Crippen molar-refractivity contribution in [2.75, 3.05) is 13.2 Å². The Balaban J connectivity index is 2.32. The first-order valence-corrected chi connectivity index (χ1v) is 8.08. The lowest BCUT2D eigenvalue weighted by Crippen LogP contribution is -2.36. The van der Waals surface area contributed by atoms with E-state index in [1.807, 2.05) is 0 Å². The highest BCUT2D eigenvalue weighted by molar-refractivity contribution is 5.82. The van der Waals surface area contributed by atoms with Crippen LogP contribution in [0.4, 0.5) is 5.69 Å². The Bertz CT molecular complexity index is 657. The van der Waals surface area contributed by atoms with Gasteiger partial charge in [0, 0.05) is 18.6 Å². The van der Waals surface area contributed by atoms with E-state index in [0.717, 1.165) is 0 Å². The number of benzene rings is 1. The highest BCUT2D eigenvalue weighted by Gasteiger charge is 2.53. The average Bonchev–Trinajstić information content (AvgIpc) is 2.95. The Morgan fingerprint density at radius 2 is 1.84 bits per heavy atom. The number of ether oxygens (including phenoxy) is 3. The van der Waals surface area contributed by atoms with Gasteiger partial charge in [-0.2, -0.15) is 0 Å². The molecular weight excluding hydrogens is 330 g/mol. The van der Waals surface area contributed by atoms with E-state index in [9.17, 15) is 19.7 Å². The third-order valence-corrected chi connectivity index (χ3v) is 4.09. The summed E-state index contributed by atoms with van der Waals surface area (Å²) >= 11 is 0. The molecule has 0 radical (unpaired) electrons. The zero-order valence-electron chi connectivity index (χ0n) is 14.4. The number of carbonyl (C=O) groups is 2. The maximum absolute atomic E-state index is 12.3. The molecule has 1 saturated heterocycles. The standard InChI is InChI=1S/C17H21NO7/c1-4-23-15(19)13-10-17(3,16(20)24-5-2)25-14(13)11-6-8-12(9-7-11)18(21)22/h6-9,13-14H,4-5,10H2,1-3H3/t13-,14-,17-/m1/s1. The van der Waals surface area contributed by atoms with E-state index in [-0.39, 0.29) is 25.3 Å². The molecule has 0 bridgehead atoms. The third kappa shape index (κ3) is 3.96. The maximum atomic E-state index is 12.3. The monoisotopic (exact) mass is 351 g/mol. The smallest absolute Gasteiger partial charge is 0.338 e. The highest BCUT2D eigenvalue weighted by Crippen LogP contribution is 2.45. The van der Waals surface area contributed by atoms with Crippen molar-refractivity contribution in [2.24, 2.45) is 5.92 Å². The van der Waals surface area contributed by atoms with Gasteiger partial charge in [0.2, 0.25) is 0 Å². The van der Waals surface area contributed by atoms with Crippen molar-refractivity contribution >= 4 is 17.6 Å². The maximum Gasteiger partial charge on any atom is 0.338 e. The van der Waals surface area contributed by atoms with Crippen LogP contribution in [0.1, 0.15) is 38.9 Å². The summed E-state index contributed by atoms with van der Waals surface area (Å²) < 4.78 is 16.0. The lowest BCUT2D eigenvalue weighted by atomic mass is 9.90. The van der Waals surface area contributed by atoms with Gasteiger partial charge < -0.3 is 14.2 Å². The molecule has 1 heterocycles. The molecular formula is C17H21NO7. The predicted molar refractivity (Wildman–Crippen MR) is 86.7 cm³/mol. The van der Waals surface area contributed by atoms with E-state index >= 15 is 0 Å². The topological polar surface area (TPSA) is 105 Å². The zero-order valence-corrected chi connectivity index (χ0v) is 14.4. The summed E-state index contributed by atoms with van der Waals surface area (Å²) in [7, 11) is 0. The van der Waals surface area contributed by atoms with Crippen LogP contribution in [0.3, 0.4) is 0 Å². The van der Waals surface area contributed by atoms with E-state index in [1.54, 1.807) is 20.8 Å². The first kappa shape index (κ1) is 18.9. The first-order chi connectivity index (χ1) is 11.8. The van der Waals surface area contributed by atoms with Crippen LogP contribution >= 0.6 is 0 Å². The van der Waals surface area contributed by atoms with Gasteiger partial charge in [-0.15, -0.1) is 0 Å². The molecule has 25 heavy (non-hydrogen) atoms. The number of non-ortho nitro benzene ring substituents is 1. The molecule has 1 aromatic carbocycles. The van der Waals surface area contributed by atoms with Gasteiger partial charge in [0.05, 0.1) is 30.2 Å². The normalized spacial score (nSPS) is 25.4. The second kappa shape index (κ2) is 7.60. The van der Waals surface area contributed by atoms with Gasteiger partial charge in [0.25, 0.3) is 5.69 Å². The van der Waals surface area contributed by atoms with Gasteiger partial charge in [-0.1, -0.05) is 0 Å². The van der Waals surface area contributed by atoms with Crippen LogP contribution in [0, 0.1) is 16.0 Å². The second-order valence-corrected chi connectivity index (χ2v) is 5.90. The lowest BCUT2D eigenvalue weighted by molar-refractivity contribution is -0.384. The molecule has 0 spiro atoms. The molecule has 2 rings (SSSR count). The minimum absolute atomic E-state index is 0.0670. The molecule has 8 heteroatoms. The van der Waals surface area contributed by atoms with Crippen LogP contribution in [0.2, 0.25) is 0 Å². The number of nitrogens with zero attached hydrogens (tertiary/aromatic N) is 1. The van der Waals surface area contributed by atoms with E-state index in [2.05, 4.69) is 0 Å². The van der Waals surface area contributed by atoms with Gasteiger partial charge in [-0.3, -0.25) is 14.9 Å². The Kier molecular flexibility index (Phi) is 5.73. The molecule has 0 saturated carbocycles. The second-order valence-electron chi connectivity index (χ2n) is 5.90. The number of rotatable bonds is 6. The fraction of sp³-hybridized carbons (Fsp3) is 0.529. The van der Waals surface area contributed by atoms with Crippen LogP contribution in [0.15, 0.2) is 24.3 Å². The van der Waals surface area contributed by atoms with E-state index in [1.165, 1.54) is 24.3 Å². The summed E-state index contributed by atoms with van der Waals surface area (Å²) in [6, 6.07) is 5.71. The molecule has 1 fully saturated rings. The Labute approximate surface area is 145 Å². The number of carbonyl (C=O) groups excluding carboxylic acids is 2. The molecule has 1 aliphatic heterocycles. The largest absolute Gasteiger partial charge is 0.466 e. The van der Waals surface area contributed by atoms with E-state index in [0.29, 0.717) is 5.56 Å². The number of esters is 2. The summed E-state index contributed by atoms with van der Waals surface area (Å²) in [4.78, 5) is 34.8. The van der Waals surface area contributed by atoms with Crippen LogP contribution in [-0.2, 0) is 23.8 Å². The Hall–Kier alpha value is -2.48. The zero-order chi connectivity index (χ0) is 18.6. The predicted octanol–water partition coefficient (Wildman–Crippen LogP) is 2.56. The Morgan fingerprint density at radius 1 is 1.24 bits per heavy atom. The molecule has 0 N–H and O–H groups in total. The van der Waals surface area contributed by atoms with Crippen molar-refractivity contribution in [3.8, 4) is 0 Å². The molecule has 0 aromatic heterocycles. The average molecular weight is 351 g/mol. The van der Waals surface area contributed by atoms with Crippen LogP contribution < -0.4 is 0 Å². The summed E-state index contributed by atoms with van der Waals surface area (Å²) in [5.74, 6) is -1.72. The quantitative estimate of drug-likeness (QED) is 0.440.